The maximum atomic E-state index is 11.9. The van der Waals surface area contributed by atoms with Crippen LogP contribution in [0.4, 0.5) is 0 Å². The highest BCUT2D eigenvalue weighted by Gasteiger charge is 2.25. The van der Waals surface area contributed by atoms with Crippen LogP contribution in [-0.2, 0) is 14.3 Å². The molecule has 0 amide bonds. The van der Waals surface area contributed by atoms with Crippen LogP contribution < -0.4 is 0 Å². The van der Waals surface area contributed by atoms with Crippen molar-refractivity contribution < 1.29 is 19.1 Å². The van der Waals surface area contributed by atoms with Crippen LogP contribution in [0.1, 0.15) is 37.6 Å². The van der Waals surface area contributed by atoms with Gasteiger partial charge in [-0.2, -0.15) is 0 Å². The Bertz CT molecular complexity index is 514. The van der Waals surface area contributed by atoms with Crippen LogP contribution in [0.5, 0.6) is 0 Å². The lowest BCUT2D eigenvalue weighted by atomic mass is 10.1. The second-order valence-electron chi connectivity index (χ2n) is 5.00. The predicted octanol–water partition coefficient (Wildman–Crippen LogP) is 2.93. The highest BCUT2D eigenvalue weighted by molar-refractivity contribution is 9.10. The summed E-state index contributed by atoms with van der Waals surface area (Å²) in [6, 6.07) is 6.74. The van der Waals surface area contributed by atoms with Gasteiger partial charge in [-0.25, -0.2) is 4.79 Å². The van der Waals surface area contributed by atoms with Crippen molar-refractivity contribution in [2.75, 3.05) is 0 Å². The van der Waals surface area contributed by atoms with E-state index in [1.54, 1.807) is 45.0 Å². The number of esters is 1. The largest absolute Gasteiger partial charge is 0.454 e. The molecule has 0 atom stereocenters. The topological polar surface area (TPSA) is 60.4 Å². The summed E-state index contributed by atoms with van der Waals surface area (Å²) in [6.07, 6.45) is -0.489. The quantitative estimate of drug-likeness (QED) is 0.369. The Morgan fingerprint density at radius 3 is 2.26 bits per heavy atom. The Kier molecular flexibility index (Phi) is 5.00. The number of halogens is 1. The number of carbonyl (C=O) groups excluding carboxylic acids is 3. The lowest BCUT2D eigenvalue weighted by Crippen LogP contribution is -2.30. The van der Waals surface area contributed by atoms with E-state index in [1.165, 1.54) is 0 Å². The first-order valence-corrected chi connectivity index (χ1v) is 6.54. The van der Waals surface area contributed by atoms with Gasteiger partial charge in [0.1, 0.15) is 5.60 Å². The van der Waals surface area contributed by atoms with Gasteiger partial charge in [0.25, 0.3) is 0 Å². The second kappa shape index (κ2) is 6.10. The normalized spacial score (nSPS) is 10.9. The van der Waals surface area contributed by atoms with Gasteiger partial charge in [0.15, 0.2) is 5.78 Å². The van der Waals surface area contributed by atoms with Gasteiger partial charge in [0.2, 0.25) is 5.78 Å². The van der Waals surface area contributed by atoms with Crippen LogP contribution in [0.3, 0.4) is 0 Å². The van der Waals surface area contributed by atoms with E-state index in [4.69, 9.17) is 4.74 Å². The van der Waals surface area contributed by atoms with Crippen LogP contribution in [0, 0.1) is 0 Å². The number of carbonyl (C=O) groups is 3. The van der Waals surface area contributed by atoms with Crippen molar-refractivity contribution in [2.24, 2.45) is 0 Å². The highest BCUT2D eigenvalue weighted by atomic mass is 79.9. The lowest BCUT2D eigenvalue weighted by Gasteiger charge is -2.18. The zero-order chi connectivity index (χ0) is 14.6. The third-order valence-electron chi connectivity index (χ3n) is 2.12. The van der Waals surface area contributed by atoms with Crippen LogP contribution in [-0.4, -0.2) is 23.1 Å². The predicted molar refractivity (Wildman–Crippen MR) is 73.9 cm³/mol. The van der Waals surface area contributed by atoms with Crippen molar-refractivity contribution in [2.45, 2.75) is 32.8 Å². The first-order valence-electron chi connectivity index (χ1n) is 5.74. The van der Waals surface area contributed by atoms with Crippen molar-refractivity contribution in [3.63, 3.8) is 0 Å². The van der Waals surface area contributed by atoms with E-state index in [-0.39, 0.29) is 0 Å². The Morgan fingerprint density at radius 2 is 1.74 bits per heavy atom. The van der Waals surface area contributed by atoms with Crippen LogP contribution >= 0.6 is 15.9 Å². The molecule has 19 heavy (non-hydrogen) atoms. The summed E-state index contributed by atoms with van der Waals surface area (Å²) in [5.74, 6) is -2.23. The molecule has 0 saturated heterocycles. The van der Waals surface area contributed by atoms with Crippen molar-refractivity contribution in [3.05, 3.63) is 34.3 Å². The molecule has 0 aromatic heterocycles. The van der Waals surface area contributed by atoms with E-state index in [9.17, 15) is 14.4 Å². The van der Waals surface area contributed by atoms with E-state index in [2.05, 4.69) is 15.9 Å². The number of benzene rings is 1. The maximum absolute atomic E-state index is 11.9. The number of hydrogen-bond acceptors (Lipinski definition) is 4. The fourth-order valence-electron chi connectivity index (χ4n) is 1.34. The van der Waals surface area contributed by atoms with Gasteiger partial charge in [-0.05, 0) is 26.8 Å². The molecule has 0 aliphatic carbocycles. The summed E-state index contributed by atoms with van der Waals surface area (Å²) in [5.41, 5.74) is -0.372. The maximum Gasteiger partial charge on any atom is 0.375 e. The third-order valence-corrected chi connectivity index (χ3v) is 2.81. The monoisotopic (exact) mass is 326 g/mol. The number of rotatable bonds is 4. The van der Waals surface area contributed by atoms with Crippen LogP contribution in [0.15, 0.2) is 28.7 Å². The van der Waals surface area contributed by atoms with Crippen molar-refractivity contribution in [1.29, 1.82) is 0 Å². The molecule has 0 bridgehead atoms. The average molecular weight is 327 g/mol. The van der Waals surface area contributed by atoms with Gasteiger partial charge in [-0.15, -0.1) is 0 Å². The van der Waals surface area contributed by atoms with Gasteiger partial charge in [0, 0.05) is 10.0 Å². The smallest absolute Gasteiger partial charge is 0.375 e. The zero-order valence-electron chi connectivity index (χ0n) is 11.0. The zero-order valence-corrected chi connectivity index (χ0v) is 12.6. The molecule has 1 aromatic carbocycles. The Labute approximate surface area is 120 Å². The van der Waals surface area contributed by atoms with Crippen LogP contribution in [0.25, 0.3) is 0 Å². The third kappa shape index (κ3) is 4.95. The second-order valence-corrected chi connectivity index (χ2v) is 5.86. The summed E-state index contributed by atoms with van der Waals surface area (Å²) in [4.78, 5) is 35.0. The van der Waals surface area contributed by atoms with Crippen molar-refractivity contribution in [3.8, 4) is 0 Å². The van der Waals surface area contributed by atoms with E-state index in [0.717, 1.165) is 0 Å². The molecule has 4 nitrogen and oxygen atoms in total. The highest BCUT2D eigenvalue weighted by Crippen LogP contribution is 2.18. The molecule has 0 radical (unpaired) electrons. The van der Waals surface area contributed by atoms with E-state index < -0.39 is 29.6 Å². The van der Waals surface area contributed by atoms with Crippen LogP contribution in [0.2, 0.25) is 0 Å². The standard InChI is InChI=1S/C14H15BrO4/c1-14(2,3)19-13(18)12(17)8-11(16)9-6-4-5-7-10(9)15/h4-7H,8H2,1-3H3. The Morgan fingerprint density at radius 1 is 1.16 bits per heavy atom. The molecule has 0 N–H and O–H groups in total. The van der Waals surface area contributed by atoms with Gasteiger partial charge in [-0.1, -0.05) is 34.1 Å². The van der Waals surface area contributed by atoms with Crippen molar-refractivity contribution in [1.82, 2.24) is 0 Å². The van der Waals surface area contributed by atoms with E-state index in [0.29, 0.717) is 10.0 Å². The molecule has 1 aromatic rings. The van der Waals surface area contributed by atoms with Gasteiger partial charge in [0.05, 0.1) is 6.42 Å². The molecule has 0 spiro atoms. The number of Topliss-reactive ketones (excluding diaryl/α,β-unsaturated/α-hetero) is 2. The summed E-state index contributed by atoms with van der Waals surface area (Å²) in [5, 5.41) is 0. The number of ketones is 2. The molecule has 0 aliphatic heterocycles. The minimum absolute atomic E-state index is 0.374. The lowest BCUT2D eigenvalue weighted by molar-refractivity contribution is -0.162. The summed E-state index contributed by atoms with van der Waals surface area (Å²) < 4.78 is 5.51. The SMILES string of the molecule is CC(C)(C)OC(=O)C(=O)CC(=O)c1ccccc1Br. The summed E-state index contributed by atoms with van der Waals surface area (Å²) in [7, 11) is 0. The minimum atomic E-state index is -0.979. The number of ether oxygens (including phenoxy) is 1. The van der Waals surface area contributed by atoms with Gasteiger partial charge in [-0.3, -0.25) is 9.59 Å². The van der Waals surface area contributed by atoms with Gasteiger partial charge < -0.3 is 4.74 Å². The molecule has 0 aliphatic rings. The molecule has 0 unspecified atom stereocenters. The average Bonchev–Trinajstić information content (AvgIpc) is 2.27. The fourth-order valence-corrected chi connectivity index (χ4v) is 1.84. The minimum Gasteiger partial charge on any atom is -0.454 e. The van der Waals surface area contributed by atoms with E-state index in [1.807, 2.05) is 0 Å². The number of hydrogen-bond donors (Lipinski definition) is 0. The Balaban J connectivity index is 2.70. The van der Waals surface area contributed by atoms with E-state index >= 15 is 0 Å². The molecular weight excluding hydrogens is 312 g/mol. The first kappa shape index (κ1) is 15.6. The first-order chi connectivity index (χ1) is 8.70. The molecule has 0 heterocycles. The molecule has 0 saturated carbocycles. The van der Waals surface area contributed by atoms with Crippen molar-refractivity contribution >= 4 is 33.5 Å². The summed E-state index contributed by atoms with van der Waals surface area (Å²) in [6.45, 7) is 4.98. The molecule has 1 rings (SSSR count). The molecule has 0 fully saturated rings. The van der Waals surface area contributed by atoms with Gasteiger partial charge >= 0.3 is 5.97 Å². The fraction of sp³-hybridized carbons (Fsp3) is 0.357. The molecular formula is C14H15BrO4. The molecule has 5 heteroatoms. The summed E-state index contributed by atoms with van der Waals surface area (Å²) >= 11 is 3.22. The Hall–Kier alpha value is -1.49. The molecule has 102 valence electrons.